The van der Waals surface area contributed by atoms with Gasteiger partial charge >= 0.3 is 0 Å². The van der Waals surface area contributed by atoms with E-state index in [0.717, 1.165) is 44.0 Å². The summed E-state index contributed by atoms with van der Waals surface area (Å²) >= 11 is 0. The molecule has 2 aromatic rings. The molecule has 0 amide bonds. The molecule has 148 valence electrons. The molecule has 0 bridgehead atoms. The third-order valence-electron chi connectivity index (χ3n) is 4.90. The minimum Gasteiger partial charge on any atom is -0.352 e. The first-order valence-corrected chi connectivity index (χ1v) is 9.61. The minimum absolute atomic E-state index is 0.103. The van der Waals surface area contributed by atoms with Crippen molar-refractivity contribution in [3.8, 4) is 0 Å². The summed E-state index contributed by atoms with van der Waals surface area (Å²) in [4.78, 5) is 17.3. The van der Waals surface area contributed by atoms with Gasteiger partial charge in [0.15, 0.2) is 5.96 Å². The summed E-state index contributed by atoms with van der Waals surface area (Å²) in [7, 11) is 1.74. The zero-order chi connectivity index (χ0) is 19.8. The molecular formula is C21H27N5O2. The molecule has 1 aliphatic rings. The molecule has 1 unspecified atom stereocenters. The van der Waals surface area contributed by atoms with Crippen molar-refractivity contribution in [2.24, 2.45) is 4.99 Å². The smallest absolute Gasteiger partial charge is 0.269 e. The maximum atomic E-state index is 10.9. The zero-order valence-corrected chi connectivity index (χ0v) is 16.2. The second-order valence-corrected chi connectivity index (χ2v) is 7.06. The van der Waals surface area contributed by atoms with E-state index in [-0.39, 0.29) is 10.6 Å². The first-order valence-electron chi connectivity index (χ1n) is 9.61. The Kier molecular flexibility index (Phi) is 6.97. The number of likely N-dealkylation sites (tertiary alicyclic amines) is 1. The molecule has 7 heteroatoms. The molecule has 0 spiro atoms. The summed E-state index contributed by atoms with van der Waals surface area (Å²) in [6, 6.07) is 17.5. The van der Waals surface area contributed by atoms with Gasteiger partial charge in [-0.2, -0.15) is 0 Å². The van der Waals surface area contributed by atoms with Gasteiger partial charge in [-0.1, -0.05) is 42.5 Å². The topological polar surface area (TPSA) is 82.8 Å². The fourth-order valence-electron chi connectivity index (χ4n) is 3.51. The standard InChI is InChI=1S/C21H27N5O2/c1-22-21(23-14-18-9-5-11-20(13-18)26(27)28)24-19-10-6-12-25(16-19)15-17-7-3-2-4-8-17/h2-5,7-9,11,13,19H,6,10,12,14-16H2,1H3,(H2,22,23,24). The Morgan fingerprint density at radius 2 is 2.00 bits per heavy atom. The van der Waals surface area contributed by atoms with Crippen molar-refractivity contribution in [1.82, 2.24) is 15.5 Å². The normalized spacial score (nSPS) is 17.9. The summed E-state index contributed by atoms with van der Waals surface area (Å²) < 4.78 is 0. The van der Waals surface area contributed by atoms with Crippen LogP contribution in [0.15, 0.2) is 59.6 Å². The van der Waals surface area contributed by atoms with Gasteiger partial charge in [-0.05, 0) is 30.5 Å². The average molecular weight is 381 g/mol. The van der Waals surface area contributed by atoms with Crippen LogP contribution in [0.2, 0.25) is 0 Å². The van der Waals surface area contributed by atoms with Gasteiger partial charge in [0.05, 0.1) is 4.92 Å². The van der Waals surface area contributed by atoms with Crippen LogP contribution in [0, 0.1) is 10.1 Å². The number of nitrogens with one attached hydrogen (secondary N) is 2. The Morgan fingerprint density at radius 1 is 1.21 bits per heavy atom. The van der Waals surface area contributed by atoms with Crippen LogP contribution in [-0.4, -0.2) is 42.0 Å². The highest BCUT2D eigenvalue weighted by molar-refractivity contribution is 5.80. The summed E-state index contributed by atoms with van der Waals surface area (Å²) in [5, 5.41) is 17.7. The number of rotatable bonds is 6. The molecule has 1 saturated heterocycles. The quantitative estimate of drug-likeness (QED) is 0.348. The lowest BCUT2D eigenvalue weighted by atomic mass is 10.0. The van der Waals surface area contributed by atoms with Crippen LogP contribution >= 0.6 is 0 Å². The minimum atomic E-state index is -0.375. The number of benzene rings is 2. The molecule has 28 heavy (non-hydrogen) atoms. The third-order valence-corrected chi connectivity index (χ3v) is 4.90. The number of nitro groups is 1. The largest absolute Gasteiger partial charge is 0.352 e. The lowest BCUT2D eigenvalue weighted by Crippen LogP contribution is -2.50. The van der Waals surface area contributed by atoms with Gasteiger partial charge in [0, 0.05) is 44.9 Å². The number of hydrogen-bond donors (Lipinski definition) is 2. The summed E-state index contributed by atoms with van der Waals surface area (Å²) in [5.74, 6) is 0.720. The fraction of sp³-hybridized carbons (Fsp3) is 0.381. The van der Waals surface area contributed by atoms with E-state index in [4.69, 9.17) is 0 Å². The lowest BCUT2D eigenvalue weighted by Gasteiger charge is -2.34. The molecule has 0 saturated carbocycles. The van der Waals surface area contributed by atoms with Crippen molar-refractivity contribution in [1.29, 1.82) is 0 Å². The van der Waals surface area contributed by atoms with Gasteiger partial charge in [-0.25, -0.2) is 0 Å². The molecular weight excluding hydrogens is 354 g/mol. The van der Waals surface area contributed by atoms with Crippen LogP contribution < -0.4 is 10.6 Å². The Labute approximate surface area is 165 Å². The molecule has 2 aromatic carbocycles. The van der Waals surface area contributed by atoms with E-state index >= 15 is 0 Å². The maximum Gasteiger partial charge on any atom is 0.269 e. The van der Waals surface area contributed by atoms with Crippen molar-refractivity contribution in [3.63, 3.8) is 0 Å². The highest BCUT2D eigenvalue weighted by atomic mass is 16.6. The van der Waals surface area contributed by atoms with E-state index in [9.17, 15) is 10.1 Å². The van der Waals surface area contributed by atoms with Gasteiger partial charge in [0.25, 0.3) is 5.69 Å². The second kappa shape index (κ2) is 9.85. The third kappa shape index (κ3) is 5.79. The highest BCUT2D eigenvalue weighted by Crippen LogP contribution is 2.14. The van der Waals surface area contributed by atoms with Gasteiger partial charge in [0.1, 0.15) is 0 Å². The van der Waals surface area contributed by atoms with Crippen LogP contribution in [0.5, 0.6) is 0 Å². The number of piperidine rings is 1. The molecule has 3 rings (SSSR count). The maximum absolute atomic E-state index is 10.9. The van der Waals surface area contributed by atoms with Crippen molar-refractivity contribution in [2.45, 2.75) is 32.0 Å². The van der Waals surface area contributed by atoms with Crippen LogP contribution in [0.25, 0.3) is 0 Å². The number of aliphatic imine (C=N–C) groups is 1. The fourth-order valence-corrected chi connectivity index (χ4v) is 3.51. The number of non-ortho nitro benzene ring substituents is 1. The van der Waals surface area contributed by atoms with E-state index in [2.05, 4.69) is 44.8 Å². The van der Waals surface area contributed by atoms with Crippen molar-refractivity contribution < 1.29 is 4.92 Å². The van der Waals surface area contributed by atoms with Crippen LogP contribution in [0.3, 0.4) is 0 Å². The first kappa shape index (κ1) is 19.8. The van der Waals surface area contributed by atoms with E-state index in [1.54, 1.807) is 19.2 Å². The predicted octanol–water partition coefficient (Wildman–Crippen LogP) is 2.92. The molecule has 1 heterocycles. The molecule has 2 N–H and O–H groups in total. The zero-order valence-electron chi connectivity index (χ0n) is 16.2. The van der Waals surface area contributed by atoms with Crippen LogP contribution in [0.1, 0.15) is 24.0 Å². The molecule has 7 nitrogen and oxygen atoms in total. The molecule has 1 aliphatic heterocycles. The van der Waals surface area contributed by atoms with Gasteiger partial charge in [-0.3, -0.25) is 20.0 Å². The molecule has 1 fully saturated rings. The van der Waals surface area contributed by atoms with E-state index in [1.165, 1.54) is 11.6 Å². The first-order chi connectivity index (χ1) is 13.6. The highest BCUT2D eigenvalue weighted by Gasteiger charge is 2.20. The predicted molar refractivity (Wildman–Crippen MR) is 111 cm³/mol. The van der Waals surface area contributed by atoms with Crippen LogP contribution in [0.4, 0.5) is 5.69 Å². The Balaban J connectivity index is 1.51. The summed E-state index contributed by atoms with van der Waals surface area (Å²) in [6.45, 7) is 3.51. The molecule has 1 atom stereocenters. The summed E-state index contributed by atoms with van der Waals surface area (Å²) in [6.07, 6.45) is 2.25. The lowest BCUT2D eigenvalue weighted by molar-refractivity contribution is -0.384. The van der Waals surface area contributed by atoms with Crippen molar-refractivity contribution in [3.05, 3.63) is 75.8 Å². The summed E-state index contributed by atoms with van der Waals surface area (Å²) in [5.41, 5.74) is 2.29. The number of nitrogens with zero attached hydrogens (tertiary/aromatic N) is 3. The van der Waals surface area contributed by atoms with E-state index in [0.29, 0.717) is 12.6 Å². The monoisotopic (exact) mass is 381 g/mol. The second-order valence-electron chi connectivity index (χ2n) is 7.06. The Morgan fingerprint density at radius 3 is 2.75 bits per heavy atom. The Bertz CT molecular complexity index is 809. The van der Waals surface area contributed by atoms with E-state index < -0.39 is 0 Å². The van der Waals surface area contributed by atoms with Crippen molar-refractivity contribution in [2.75, 3.05) is 20.1 Å². The number of nitro benzene ring substituents is 1. The average Bonchev–Trinajstić information content (AvgIpc) is 2.72. The van der Waals surface area contributed by atoms with Gasteiger partial charge in [-0.15, -0.1) is 0 Å². The molecule has 0 aromatic heterocycles. The number of hydrogen-bond acceptors (Lipinski definition) is 4. The van der Waals surface area contributed by atoms with Crippen LogP contribution in [-0.2, 0) is 13.1 Å². The molecule has 0 radical (unpaired) electrons. The number of guanidine groups is 1. The Hall–Kier alpha value is -2.93. The van der Waals surface area contributed by atoms with Crippen molar-refractivity contribution >= 4 is 11.6 Å². The van der Waals surface area contributed by atoms with Gasteiger partial charge in [0.2, 0.25) is 0 Å². The SMILES string of the molecule is CN=C(NCc1cccc([N+](=O)[O-])c1)NC1CCCN(Cc2ccccc2)C1. The molecule has 0 aliphatic carbocycles. The van der Waals surface area contributed by atoms with Gasteiger partial charge < -0.3 is 10.6 Å². The van der Waals surface area contributed by atoms with E-state index in [1.807, 2.05) is 12.1 Å².